The van der Waals surface area contributed by atoms with Crippen molar-refractivity contribution >= 4 is 21.2 Å². The van der Waals surface area contributed by atoms with Gasteiger partial charge in [-0.3, -0.25) is 9.68 Å². The molecule has 17 heavy (non-hydrogen) atoms. The van der Waals surface area contributed by atoms with Gasteiger partial charge >= 0.3 is 0 Å². The third kappa shape index (κ3) is 14.9. The van der Waals surface area contributed by atoms with E-state index in [1.165, 1.54) is 12.2 Å². The molecular weight excluding hydrogens is 255 g/mol. The first kappa shape index (κ1) is 16.0. The molecule has 0 atom stereocenters. The summed E-state index contributed by atoms with van der Waals surface area (Å²) in [6.07, 6.45) is 2.64. The number of aliphatic imine (C=N–C) groups is 2. The zero-order chi connectivity index (χ0) is 12.6. The van der Waals surface area contributed by atoms with Gasteiger partial charge in [-0.05, 0) is 0 Å². The van der Waals surface area contributed by atoms with Crippen molar-refractivity contribution in [2.24, 2.45) is 9.98 Å². The van der Waals surface area contributed by atoms with E-state index in [9.17, 15) is 9.59 Å². The van der Waals surface area contributed by atoms with E-state index in [1.54, 1.807) is 0 Å². The molecule has 0 bridgehead atoms. The van der Waals surface area contributed by atoms with Crippen LogP contribution >= 0.6 is 9.03 Å². The summed E-state index contributed by atoms with van der Waals surface area (Å²) in [5.41, 5.74) is 4.63. The van der Waals surface area contributed by atoms with Gasteiger partial charge in [-0.2, -0.15) is 20.9 Å². The Morgan fingerprint density at radius 3 is 1.82 bits per heavy atom. The number of hydrogen-bond donors (Lipinski definition) is 2. The fourth-order valence-electron chi connectivity index (χ4n) is 0.452. The lowest BCUT2D eigenvalue weighted by atomic mass is 11.2. The van der Waals surface area contributed by atoms with E-state index in [2.05, 4.69) is 30.6 Å². The predicted molar refractivity (Wildman–Crippen MR) is 54.6 cm³/mol. The number of isocyanates is 2. The van der Waals surface area contributed by atoms with Gasteiger partial charge in [-0.25, -0.2) is 9.59 Å². The summed E-state index contributed by atoms with van der Waals surface area (Å²) in [7, 11) is -0.289. The Hall–Kier alpha value is -1.05. The number of hydroxylamine groups is 2. The lowest BCUT2D eigenvalue weighted by Gasteiger charge is -2.05. The average Bonchev–Trinajstić information content (AvgIpc) is 2.35. The Morgan fingerprint density at radius 1 is 0.941 bits per heavy atom. The number of carbonyl (C=O) groups excluding carboxylic acids is 2. The molecule has 0 aliphatic rings. The van der Waals surface area contributed by atoms with E-state index in [1.807, 2.05) is 0 Å². The molecule has 0 aliphatic heterocycles. The van der Waals surface area contributed by atoms with Crippen molar-refractivity contribution in [3.05, 3.63) is 0 Å². The van der Waals surface area contributed by atoms with Crippen molar-refractivity contribution in [2.75, 3.05) is 26.9 Å². The van der Waals surface area contributed by atoms with Gasteiger partial charge < -0.3 is 9.05 Å². The van der Waals surface area contributed by atoms with E-state index < -0.39 is 0 Å². The maximum absolute atomic E-state index is 9.62. The Bertz CT molecular complexity index is 241. The van der Waals surface area contributed by atoms with Gasteiger partial charge in [0.2, 0.25) is 12.2 Å². The van der Waals surface area contributed by atoms with Crippen molar-refractivity contribution in [3.63, 3.8) is 0 Å². The predicted octanol–water partition coefficient (Wildman–Crippen LogP) is -0.928. The molecule has 0 heterocycles. The summed E-state index contributed by atoms with van der Waals surface area (Å²) < 4.78 is 9.66. The lowest BCUT2D eigenvalue weighted by Crippen LogP contribution is -2.16. The van der Waals surface area contributed by atoms with Crippen LogP contribution in [0.1, 0.15) is 0 Å². The lowest BCUT2D eigenvalue weighted by molar-refractivity contribution is -0.0647. The SMILES string of the molecule is O=C=NCNOCOPOCONCN=C=O. The van der Waals surface area contributed by atoms with Gasteiger partial charge in [0.25, 0.3) is 0 Å². The highest BCUT2D eigenvalue weighted by molar-refractivity contribution is 7.26. The normalized spacial score (nSPS) is 10.1. The second-order valence-corrected chi connectivity index (χ2v) is 2.74. The molecule has 2 N–H and O–H groups in total. The first-order chi connectivity index (χ1) is 8.41. The molecule has 0 radical (unpaired) electrons. The largest absolute Gasteiger partial charge is 0.307 e. The molecule has 96 valence electrons. The monoisotopic (exact) mass is 266 g/mol. The Kier molecular flexibility index (Phi) is 14.0. The quantitative estimate of drug-likeness (QED) is 0.116. The van der Waals surface area contributed by atoms with E-state index in [0.717, 1.165) is 0 Å². The molecule has 0 unspecified atom stereocenters. The van der Waals surface area contributed by atoms with Crippen LogP contribution in [-0.2, 0) is 28.3 Å². The summed E-state index contributed by atoms with van der Waals surface area (Å²) in [6.45, 7) is -0.145. The molecule has 0 aromatic heterocycles. The van der Waals surface area contributed by atoms with E-state index >= 15 is 0 Å². The summed E-state index contributed by atoms with van der Waals surface area (Å²) in [5.74, 6) is 0. The summed E-state index contributed by atoms with van der Waals surface area (Å²) in [5, 5.41) is 0. The molecule has 0 saturated heterocycles. The van der Waals surface area contributed by atoms with Crippen molar-refractivity contribution in [1.29, 1.82) is 0 Å². The zero-order valence-electron chi connectivity index (χ0n) is 8.67. The third-order valence-electron chi connectivity index (χ3n) is 0.974. The zero-order valence-corrected chi connectivity index (χ0v) is 9.67. The summed E-state index contributed by atoms with van der Waals surface area (Å²) >= 11 is 0. The number of hydrogen-bond acceptors (Lipinski definition) is 10. The number of nitrogens with zero attached hydrogens (tertiary/aromatic N) is 2. The molecule has 0 aliphatic carbocycles. The highest BCUT2D eigenvalue weighted by atomic mass is 31.1. The van der Waals surface area contributed by atoms with Crippen LogP contribution in [0.2, 0.25) is 0 Å². The van der Waals surface area contributed by atoms with Gasteiger partial charge in [-0.15, -0.1) is 0 Å². The van der Waals surface area contributed by atoms with Gasteiger partial charge in [0.05, 0.1) is 0 Å². The fraction of sp³-hybridized carbons (Fsp3) is 0.667. The van der Waals surface area contributed by atoms with Gasteiger partial charge in [0.15, 0.2) is 22.6 Å². The van der Waals surface area contributed by atoms with Crippen LogP contribution in [-0.4, -0.2) is 39.1 Å². The molecule has 0 spiro atoms. The van der Waals surface area contributed by atoms with Crippen LogP contribution in [0, 0.1) is 0 Å². The second-order valence-electron chi connectivity index (χ2n) is 2.00. The maximum Gasteiger partial charge on any atom is 0.236 e. The molecule has 0 saturated carbocycles. The smallest absolute Gasteiger partial charge is 0.236 e. The van der Waals surface area contributed by atoms with E-state index in [0.29, 0.717) is 0 Å². The maximum atomic E-state index is 9.62. The van der Waals surface area contributed by atoms with Crippen LogP contribution in [0.5, 0.6) is 0 Å². The molecule has 0 amide bonds. The van der Waals surface area contributed by atoms with Crippen LogP contribution in [0.15, 0.2) is 9.98 Å². The van der Waals surface area contributed by atoms with Crippen molar-refractivity contribution in [2.45, 2.75) is 0 Å². The van der Waals surface area contributed by atoms with Crippen LogP contribution in [0.3, 0.4) is 0 Å². The number of nitrogens with one attached hydrogen (secondary N) is 2. The van der Waals surface area contributed by atoms with Gasteiger partial charge in [0.1, 0.15) is 13.3 Å². The Labute approximate surface area is 98.2 Å². The molecule has 0 aromatic carbocycles. The van der Waals surface area contributed by atoms with E-state index in [4.69, 9.17) is 9.05 Å². The highest BCUT2D eigenvalue weighted by Crippen LogP contribution is 2.11. The van der Waals surface area contributed by atoms with Crippen LogP contribution in [0.25, 0.3) is 0 Å². The first-order valence-electron chi connectivity index (χ1n) is 4.17. The van der Waals surface area contributed by atoms with Crippen LogP contribution < -0.4 is 11.0 Å². The second kappa shape index (κ2) is 14.9. The third-order valence-corrected chi connectivity index (χ3v) is 1.45. The first-order valence-corrected chi connectivity index (χ1v) is 4.98. The standard InChI is InChI=1S/C6H11N4O6P/c11-3-7-1-9-13-5-15-17-16-6-14-10-2-8-4-12/h9-10,17H,1-2,5-6H2. The Balaban J connectivity index is 2.98. The topological polar surface area (TPSA) is 120 Å². The van der Waals surface area contributed by atoms with Crippen LogP contribution in [0.4, 0.5) is 0 Å². The number of rotatable bonds is 12. The molecule has 0 rings (SSSR count). The minimum absolute atomic E-state index is 0.00110. The molecule has 0 aromatic rings. The van der Waals surface area contributed by atoms with Crippen molar-refractivity contribution in [1.82, 2.24) is 11.0 Å². The Morgan fingerprint density at radius 2 is 1.41 bits per heavy atom. The molecule has 11 heteroatoms. The molecular formula is C6H11N4O6P. The fourth-order valence-corrected chi connectivity index (χ4v) is 0.750. The molecule has 10 nitrogen and oxygen atoms in total. The minimum atomic E-state index is -0.289. The van der Waals surface area contributed by atoms with E-state index in [-0.39, 0.29) is 36.0 Å². The highest BCUT2D eigenvalue weighted by Gasteiger charge is 1.90. The minimum Gasteiger partial charge on any atom is -0.307 e. The van der Waals surface area contributed by atoms with Crippen molar-refractivity contribution in [3.8, 4) is 0 Å². The van der Waals surface area contributed by atoms with Gasteiger partial charge in [0, 0.05) is 0 Å². The summed E-state index contributed by atoms with van der Waals surface area (Å²) in [6, 6.07) is 0. The average molecular weight is 266 g/mol. The molecule has 0 fully saturated rings. The summed E-state index contributed by atoms with van der Waals surface area (Å²) in [4.78, 5) is 34.9. The van der Waals surface area contributed by atoms with Gasteiger partial charge in [-0.1, -0.05) is 0 Å². The van der Waals surface area contributed by atoms with Crippen molar-refractivity contribution < 1.29 is 28.3 Å².